The SMILES string of the molecule is CC[C@H](C)NC(=O)c1ccc(CSc2ccccc2)o1. The van der Waals surface area contributed by atoms with Gasteiger partial charge < -0.3 is 9.73 Å². The van der Waals surface area contributed by atoms with Crippen LogP contribution in [0.3, 0.4) is 0 Å². The minimum absolute atomic E-state index is 0.143. The van der Waals surface area contributed by atoms with E-state index in [1.165, 1.54) is 4.90 Å². The van der Waals surface area contributed by atoms with E-state index in [4.69, 9.17) is 4.42 Å². The van der Waals surface area contributed by atoms with E-state index in [2.05, 4.69) is 17.4 Å². The molecule has 0 fully saturated rings. The zero-order valence-electron chi connectivity index (χ0n) is 11.8. The van der Waals surface area contributed by atoms with Gasteiger partial charge in [-0.3, -0.25) is 4.79 Å². The van der Waals surface area contributed by atoms with Crippen molar-refractivity contribution in [2.24, 2.45) is 0 Å². The van der Waals surface area contributed by atoms with Gasteiger partial charge in [0.1, 0.15) is 5.76 Å². The number of carbonyl (C=O) groups is 1. The van der Waals surface area contributed by atoms with Crippen molar-refractivity contribution < 1.29 is 9.21 Å². The first kappa shape index (κ1) is 14.7. The molecular formula is C16H19NO2S. The number of thioether (sulfide) groups is 1. The summed E-state index contributed by atoms with van der Waals surface area (Å²) < 4.78 is 5.58. The number of hydrogen-bond acceptors (Lipinski definition) is 3. The molecule has 1 amide bonds. The molecule has 0 bridgehead atoms. The Morgan fingerprint density at radius 1 is 1.25 bits per heavy atom. The first-order chi connectivity index (χ1) is 9.69. The van der Waals surface area contributed by atoms with Crippen molar-refractivity contribution in [3.05, 3.63) is 54.0 Å². The van der Waals surface area contributed by atoms with Gasteiger partial charge in [0.05, 0.1) is 5.75 Å². The summed E-state index contributed by atoms with van der Waals surface area (Å²) in [5.41, 5.74) is 0. The summed E-state index contributed by atoms with van der Waals surface area (Å²) in [7, 11) is 0. The first-order valence-electron chi connectivity index (χ1n) is 6.76. The lowest BCUT2D eigenvalue weighted by Crippen LogP contribution is -2.31. The summed E-state index contributed by atoms with van der Waals surface area (Å²) in [4.78, 5) is 13.1. The average Bonchev–Trinajstić information content (AvgIpc) is 2.95. The van der Waals surface area contributed by atoms with Crippen LogP contribution < -0.4 is 5.32 Å². The molecule has 1 aromatic heterocycles. The van der Waals surface area contributed by atoms with Crippen molar-refractivity contribution in [1.29, 1.82) is 0 Å². The molecule has 1 N–H and O–H groups in total. The van der Waals surface area contributed by atoms with Crippen LogP contribution in [0.15, 0.2) is 51.8 Å². The van der Waals surface area contributed by atoms with Gasteiger partial charge in [0.2, 0.25) is 0 Å². The van der Waals surface area contributed by atoms with Crippen LogP contribution in [0.5, 0.6) is 0 Å². The van der Waals surface area contributed by atoms with Crippen LogP contribution in [0.1, 0.15) is 36.6 Å². The highest BCUT2D eigenvalue weighted by atomic mass is 32.2. The molecule has 1 heterocycles. The van der Waals surface area contributed by atoms with Gasteiger partial charge in [-0.1, -0.05) is 25.1 Å². The van der Waals surface area contributed by atoms with Crippen LogP contribution in [0.2, 0.25) is 0 Å². The van der Waals surface area contributed by atoms with Crippen LogP contribution in [0.4, 0.5) is 0 Å². The molecule has 0 saturated heterocycles. The van der Waals surface area contributed by atoms with Crippen molar-refractivity contribution >= 4 is 17.7 Å². The molecule has 20 heavy (non-hydrogen) atoms. The number of furan rings is 1. The van der Waals surface area contributed by atoms with Gasteiger partial charge in [0, 0.05) is 10.9 Å². The standard InChI is InChI=1S/C16H19NO2S/c1-3-12(2)17-16(18)15-10-9-13(19-15)11-20-14-7-5-4-6-8-14/h4-10,12H,3,11H2,1-2H3,(H,17,18)/t12-/m0/s1. The molecule has 0 aliphatic carbocycles. The van der Waals surface area contributed by atoms with Gasteiger partial charge >= 0.3 is 0 Å². The minimum Gasteiger partial charge on any atom is -0.455 e. The lowest BCUT2D eigenvalue weighted by molar-refractivity contribution is 0.0910. The van der Waals surface area contributed by atoms with Gasteiger partial charge in [0.15, 0.2) is 5.76 Å². The van der Waals surface area contributed by atoms with Gasteiger partial charge in [-0.2, -0.15) is 0 Å². The Balaban J connectivity index is 1.90. The predicted molar refractivity (Wildman–Crippen MR) is 81.9 cm³/mol. The van der Waals surface area contributed by atoms with E-state index >= 15 is 0 Å². The highest BCUT2D eigenvalue weighted by Gasteiger charge is 2.13. The number of rotatable bonds is 6. The van der Waals surface area contributed by atoms with E-state index in [1.54, 1.807) is 17.8 Å². The predicted octanol–water partition coefficient (Wildman–Crippen LogP) is 4.10. The van der Waals surface area contributed by atoms with Crippen molar-refractivity contribution in [2.45, 2.75) is 37.0 Å². The van der Waals surface area contributed by atoms with E-state index in [0.717, 1.165) is 17.9 Å². The molecule has 106 valence electrons. The molecule has 0 radical (unpaired) electrons. The molecule has 0 spiro atoms. The molecule has 2 rings (SSSR count). The number of carbonyl (C=O) groups excluding carboxylic acids is 1. The summed E-state index contributed by atoms with van der Waals surface area (Å²) in [6, 6.07) is 13.9. The maximum absolute atomic E-state index is 11.9. The highest BCUT2D eigenvalue weighted by molar-refractivity contribution is 7.98. The maximum atomic E-state index is 11.9. The Bertz CT molecular complexity index is 551. The van der Waals surface area contributed by atoms with Gasteiger partial charge in [-0.15, -0.1) is 11.8 Å². The molecule has 0 aliphatic rings. The normalized spacial score (nSPS) is 12.1. The second-order valence-corrected chi connectivity index (χ2v) is 5.70. The summed E-state index contributed by atoms with van der Waals surface area (Å²) >= 11 is 1.69. The molecule has 3 nitrogen and oxygen atoms in total. The smallest absolute Gasteiger partial charge is 0.287 e. The van der Waals surface area contributed by atoms with E-state index in [-0.39, 0.29) is 11.9 Å². The Kier molecular flexibility index (Phi) is 5.30. The van der Waals surface area contributed by atoms with Crippen molar-refractivity contribution in [1.82, 2.24) is 5.32 Å². The number of hydrogen-bond donors (Lipinski definition) is 1. The Hall–Kier alpha value is -1.68. The van der Waals surface area contributed by atoms with E-state index in [9.17, 15) is 4.79 Å². The summed E-state index contributed by atoms with van der Waals surface area (Å²) in [6.07, 6.45) is 0.906. The van der Waals surface area contributed by atoms with Crippen LogP contribution in [0, 0.1) is 0 Å². The largest absolute Gasteiger partial charge is 0.455 e. The van der Waals surface area contributed by atoms with E-state index < -0.39 is 0 Å². The van der Waals surface area contributed by atoms with Crippen LogP contribution in [-0.2, 0) is 5.75 Å². The average molecular weight is 289 g/mol. The first-order valence-corrected chi connectivity index (χ1v) is 7.75. The summed E-state index contributed by atoms with van der Waals surface area (Å²) in [6.45, 7) is 4.02. The lowest BCUT2D eigenvalue weighted by Gasteiger charge is -2.09. The Labute approximate surface area is 123 Å². The third kappa shape index (κ3) is 4.17. The monoisotopic (exact) mass is 289 g/mol. The summed E-state index contributed by atoms with van der Waals surface area (Å²) in [5.74, 6) is 1.78. The molecular weight excluding hydrogens is 270 g/mol. The summed E-state index contributed by atoms with van der Waals surface area (Å²) in [5, 5.41) is 2.89. The Morgan fingerprint density at radius 2 is 2.00 bits per heavy atom. The number of nitrogens with one attached hydrogen (secondary N) is 1. The van der Waals surface area contributed by atoms with Gasteiger partial charge in [0.25, 0.3) is 5.91 Å². The van der Waals surface area contributed by atoms with Crippen molar-refractivity contribution in [2.75, 3.05) is 0 Å². The second kappa shape index (κ2) is 7.20. The van der Waals surface area contributed by atoms with Crippen molar-refractivity contribution in [3.8, 4) is 0 Å². The fourth-order valence-electron chi connectivity index (χ4n) is 1.65. The molecule has 4 heteroatoms. The number of benzene rings is 1. The van der Waals surface area contributed by atoms with E-state index in [1.807, 2.05) is 38.1 Å². The topological polar surface area (TPSA) is 42.2 Å². The third-order valence-corrected chi connectivity index (χ3v) is 4.03. The van der Waals surface area contributed by atoms with Crippen LogP contribution in [0.25, 0.3) is 0 Å². The quantitative estimate of drug-likeness (QED) is 0.814. The fraction of sp³-hybridized carbons (Fsp3) is 0.312. The number of amides is 1. The zero-order chi connectivity index (χ0) is 14.4. The molecule has 0 saturated carbocycles. The molecule has 0 unspecified atom stereocenters. The van der Waals surface area contributed by atoms with Crippen LogP contribution >= 0.6 is 11.8 Å². The second-order valence-electron chi connectivity index (χ2n) is 4.65. The molecule has 1 atom stereocenters. The molecule has 2 aromatic rings. The Morgan fingerprint density at radius 3 is 2.70 bits per heavy atom. The van der Waals surface area contributed by atoms with Gasteiger partial charge in [-0.25, -0.2) is 0 Å². The minimum atomic E-state index is -0.143. The van der Waals surface area contributed by atoms with Crippen LogP contribution in [-0.4, -0.2) is 11.9 Å². The van der Waals surface area contributed by atoms with E-state index in [0.29, 0.717) is 5.76 Å². The zero-order valence-corrected chi connectivity index (χ0v) is 12.6. The van der Waals surface area contributed by atoms with Crippen molar-refractivity contribution in [3.63, 3.8) is 0 Å². The highest BCUT2D eigenvalue weighted by Crippen LogP contribution is 2.23. The molecule has 1 aromatic carbocycles. The fourth-order valence-corrected chi connectivity index (χ4v) is 2.46. The molecule has 0 aliphatic heterocycles. The third-order valence-electron chi connectivity index (χ3n) is 3.00. The lowest BCUT2D eigenvalue weighted by atomic mass is 10.2. The maximum Gasteiger partial charge on any atom is 0.287 e. The van der Waals surface area contributed by atoms with Gasteiger partial charge in [-0.05, 0) is 37.6 Å².